The van der Waals surface area contributed by atoms with Crippen LogP contribution < -0.4 is 9.64 Å². The second-order valence-electron chi connectivity index (χ2n) is 12.7. The van der Waals surface area contributed by atoms with Crippen LogP contribution in [-0.2, 0) is 38.9 Å². The zero-order chi connectivity index (χ0) is 43.6. The third kappa shape index (κ3) is 11.8. The molecule has 1 saturated heterocycles. The topological polar surface area (TPSA) is 233 Å². The van der Waals surface area contributed by atoms with Gasteiger partial charge < -0.3 is 39.5 Å². The highest BCUT2D eigenvalue weighted by Crippen LogP contribution is 2.31. The van der Waals surface area contributed by atoms with Crippen molar-refractivity contribution in [3.8, 4) is 11.6 Å². The molecule has 1 aliphatic rings. The molecular formula is C39H37F3N6O11. The van der Waals surface area contributed by atoms with Crippen molar-refractivity contribution in [3.63, 3.8) is 0 Å². The number of carbonyl (C=O) groups is 6. The van der Waals surface area contributed by atoms with Gasteiger partial charge in [-0.25, -0.2) is 24.2 Å². The maximum absolute atomic E-state index is 13.5. The molecule has 4 N–H and O–H groups in total. The number of nitrogens with zero attached hydrogens (tertiary/aromatic N) is 6. The van der Waals surface area contributed by atoms with Crippen LogP contribution in [0.25, 0.3) is 10.9 Å². The molecule has 3 aromatic heterocycles. The quantitative estimate of drug-likeness (QED) is 0.164. The zero-order valence-electron chi connectivity index (χ0n) is 31.6. The maximum atomic E-state index is 13.5. The van der Waals surface area contributed by atoms with Crippen molar-refractivity contribution in [2.24, 2.45) is 7.05 Å². The summed E-state index contributed by atoms with van der Waals surface area (Å²) in [5.41, 5.74) is 2.98. The van der Waals surface area contributed by atoms with Crippen molar-refractivity contribution in [3.05, 3.63) is 113 Å². The fourth-order valence-electron chi connectivity index (χ4n) is 5.78. The lowest BCUT2D eigenvalue weighted by Crippen LogP contribution is -2.48. The van der Waals surface area contributed by atoms with Crippen LogP contribution in [0.2, 0.25) is 0 Å². The molecule has 0 spiro atoms. The number of rotatable bonds is 7. The van der Waals surface area contributed by atoms with E-state index in [-0.39, 0.29) is 11.5 Å². The molecular weight excluding hydrogens is 785 g/mol. The number of carbonyl (C=O) groups excluding carboxylic acids is 2. The molecule has 6 rings (SSSR count). The van der Waals surface area contributed by atoms with Crippen molar-refractivity contribution >= 4 is 52.3 Å². The van der Waals surface area contributed by atoms with E-state index in [1.54, 1.807) is 37.5 Å². The van der Waals surface area contributed by atoms with Gasteiger partial charge in [0.25, 0.3) is 11.8 Å². The Morgan fingerprint density at radius 1 is 0.780 bits per heavy atom. The summed E-state index contributed by atoms with van der Waals surface area (Å²) in [5.74, 6) is -6.95. The Kier molecular flexibility index (Phi) is 14.4. The van der Waals surface area contributed by atoms with Crippen LogP contribution in [0.3, 0.4) is 0 Å². The molecule has 0 atom stereocenters. The van der Waals surface area contributed by atoms with Crippen molar-refractivity contribution in [1.82, 2.24) is 24.3 Å². The van der Waals surface area contributed by atoms with Gasteiger partial charge in [-0.1, -0.05) is 0 Å². The molecule has 17 nitrogen and oxygen atoms in total. The summed E-state index contributed by atoms with van der Waals surface area (Å²) in [7, 11) is 3.41. The highest BCUT2D eigenvalue weighted by atomic mass is 19.4. The number of alkyl halides is 3. The minimum absolute atomic E-state index is 0.0161. The number of benzene rings is 2. The predicted molar refractivity (Wildman–Crippen MR) is 202 cm³/mol. The van der Waals surface area contributed by atoms with E-state index >= 15 is 0 Å². The van der Waals surface area contributed by atoms with Crippen LogP contribution in [0.5, 0.6) is 11.6 Å². The Balaban J connectivity index is 0.000000561. The number of fused-ring (bicyclic) bond motifs is 1. The summed E-state index contributed by atoms with van der Waals surface area (Å²) >= 11 is 0. The van der Waals surface area contributed by atoms with Gasteiger partial charge in [0, 0.05) is 81.7 Å². The fraction of sp³-hybridized carbons (Fsp3) is 0.231. The van der Waals surface area contributed by atoms with E-state index in [1.165, 1.54) is 17.5 Å². The molecule has 2 aromatic carbocycles. The molecule has 1 aliphatic heterocycles. The molecule has 0 radical (unpaired) electrons. The van der Waals surface area contributed by atoms with Crippen molar-refractivity contribution in [1.29, 1.82) is 0 Å². The van der Waals surface area contributed by atoms with E-state index in [4.69, 9.17) is 44.3 Å². The number of carboxylic acids is 4. The summed E-state index contributed by atoms with van der Waals surface area (Å²) in [6.45, 7) is 5.42. The van der Waals surface area contributed by atoms with E-state index in [1.807, 2.05) is 46.8 Å². The van der Waals surface area contributed by atoms with Gasteiger partial charge in [-0.15, -0.1) is 0 Å². The highest BCUT2D eigenvalue weighted by Gasteiger charge is 2.30. The van der Waals surface area contributed by atoms with Gasteiger partial charge in [0.1, 0.15) is 11.4 Å². The molecule has 0 aliphatic carbocycles. The van der Waals surface area contributed by atoms with E-state index in [0.29, 0.717) is 41.8 Å². The number of piperazine rings is 1. The molecule has 2 amide bonds. The number of hydrogen-bond acceptors (Lipinski definition) is 10. The Labute approximate surface area is 333 Å². The monoisotopic (exact) mass is 822 g/mol. The summed E-state index contributed by atoms with van der Waals surface area (Å²) in [6, 6.07) is 18.8. The lowest BCUT2D eigenvalue weighted by molar-refractivity contribution is -0.159. The van der Waals surface area contributed by atoms with Crippen molar-refractivity contribution < 1.29 is 67.1 Å². The van der Waals surface area contributed by atoms with E-state index in [2.05, 4.69) is 14.9 Å². The molecule has 59 heavy (non-hydrogen) atoms. The third-order valence-electron chi connectivity index (χ3n) is 8.79. The van der Waals surface area contributed by atoms with Crippen LogP contribution in [-0.4, -0.2) is 114 Å². The largest absolute Gasteiger partial charge is 0.473 e. The second kappa shape index (κ2) is 19.2. The Hall–Kier alpha value is -7.35. The van der Waals surface area contributed by atoms with Gasteiger partial charge in [-0.05, 0) is 79.2 Å². The molecule has 1 fully saturated rings. The number of aliphatic carboxylic acids is 4. The second-order valence-corrected chi connectivity index (χ2v) is 12.7. The van der Waals surface area contributed by atoms with Crippen LogP contribution in [0.4, 0.5) is 18.9 Å². The lowest BCUT2D eigenvalue weighted by atomic mass is 10.1. The average Bonchev–Trinajstić information content (AvgIpc) is 3.53. The van der Waals surface area contributed by atoms with Crippen LogP contribution in [0.15, 0.2) is 85.2 Å². The molecule has 310 valence electrons. The first kappa shape index (κ1) is 44.4. The molecule has 0 unspecified atom stereocenters. The number of pyridine rings is 2. The number of anilines is 1. The number of aryl methyl sites for hydroxylation is 2. The van der Waals surface area contributed by atoms with Gasteiger partial charge in [-0.3, -0.25) is 19.5 Å². The first-order valence-corrected chi connectivity index (χ1v) is 17.3. The number of ether oxygens (including phenoxy) is 1. The number of halogens is 3. The minimum atomic E-state index is -4.48. The van der Waals surface area contributed by atoms with E-state index in [0.717, 1.165) is 54.8 Å². The Bertz CT molecular complexity index is 2300. The van der Waals surface area contributed by atoms with Crippen LogP contribution >= 0.6 is 0 Å². The predicted octanol–water partition coefficient (Wildman–Crippen LogP) is 4.63. The van der Waals surface area contributed by atoms with Gasteiger partial charge in [0.2, 0.25) is 5.88 Å². The number of aromatic nitrogens is 3. The summed E-state index contributed by atoms with van der Waals surface area (Å²) in [4.78, 5) is 77.0. The van der Waals surface area contributed by atoms with E-state index in [9.17, 15) is 22.8 Å². The first-order valence-electron chi connectivity index (χ1n) is 17.3. The third-order valence-corrected chi connectivity index (χ3v) is 8.79. The van der Waals surface area contributed by atoms with E-state index < -0.39 is 41.5 Å². The molecule has 5 aromatic rings. The summed E-state index contributed by atoms with van der Waals surface area (Å²) < 4.78 is 46.7. The summed E-state index contributed by atoms with van der Waals surface area (Å²) in [5, 5.41) is 30.4. The summed E-state index contributed by atoms with van der Waals surface area (Å²) in [6.07, 6.45) is -0.897. The van der Waals surface area contributed by atoms with Gasteiger partial charge in [-0.2, -0.15) is 13.2 Å². The molecule has 0 bridgehead atoms. The van der Waals surface area contributed by atoms with Crippen LogP contribution in [0.1, 0.15) is 37.7 Å². The number of hydrogen-bond donors (Lipinski definition) is 4. The van der Waals surface area contributed by atoms with Crippen molar-refractivity contribution in [2.75, 3.05) is 38.1 Å². The normalized spacial score (nSPS) is 12.6. The first-order chi connectivity index (χ1) is 27.8. The zero-order valence-corrected chi connectivity index (χ0v) is 31.6. The highest BCUT2D eigenvalue weighted by molar-refractivity contribution is 6.27. The van der Waals surface area contributed by atoms with Gasteiger partial charge in [0.15, 0.2) is 0 Å². The molecule has 4 heterocycles. The number of carboxylic acid groups (broad SMARTS) is 4. The van der Waals surface area contributed by atoms with Gasteiger partial charge >= 0.3 is 30.1 Å². The van der Waals surface area contributed by atoms with Crippen LogP contribution in [0, 0.1) is 6.92 Å². The number of amides is 2. The molecule has 20 heteroatoms. The average molecular weight is 823 g/mol. The lowest BCUT2D eigenvalue weighted by Gasteiger charge is -2.34. The van der Waals surface area contributed by atoms with Crippen molar-refractivity contribution in [2.45, 2.75) is 19.6 Å². The Morgan fingerprint density at radius 2 is 1.36 bits per heavy atom. The Morgan fingerprint density at radius 3 is 1.88 bits per heavy atom. The standard InChI is InChI=1S/C35H33F3N6O3.2C2H2O4/c1-23-29(42(3)33(45)25-4-6-27(7-5-25)35(36,37)38)10-11-32(40-23)47-28-8-9-30-26(20-28)21-31(41(30)2)34(46)44-18-16-43(17-19-44)22-24-12-14-39-15-13-24;2*3-1(4)2(5)6/h4-15,20-21H,16-19,22H2,1-3H3;2*(H,3,4)(H,5,6). The minimum Gasteiger partial charge on any atom is -0.473 e. The fourth-order valence-corrected chi connectivity index (χ4v) is 5.78. The maximum Gasteiger partial charge on any atom is 0.416 e. The van der Waals surface area contributed by atoms with Gasteiger partial charge in [0.05, 0.1) is 16.9 Å². The molecule has 0 saturated carbocycles. The SMILES string of the molecule is Cc1nc(Oc2ccc3c(c2)cc(C(=O)N2CCN(Cc4ccncc4)CC2)n3C)ccc1N(C)C(=O)c1ccc(C(F)(F)F)cc1.O=C(O)C(=O)O.O=C(O)C(=O)O. The smallest absolute Gasteiger partial charge is 0.416 e.